The largest absolute Gasteiger partial charge is 0.365 e. The van der Waals surface area contributed by atoms with Crippen LogP contribution < -0.4 is 5.32 Å². The van der Waals surface area contributed by atoms with Gasteiger partial charge in [-0.1, -0.05) is 19.8 Å². The minimum atomic E-state index is 0.250. The summed E-state index contributed by atoms with van der Waals surface area (Å²) >= 11 is 0. The fraction of sp³-hybridized carbons (Fsp3) is 0.524. The van der Waals surface area contributed by atoms with Crippen LogP contribution in [0.25, 0.3) is 11.4 Å². The van der Waals surface area contributed by atoms with E-state index in [0.29, 0.717) is 5.91 Å². The van der Waals surface area contributed by atoms with E-state index in [9.17, 15) is 4.79 Å². The lowest BCUT2D eigenvalue weighted by molar-refractivity contribution is -0.134. The number of nitrogens with zero attached hydrogens (tertiary/aromatic N) is 4. The number of nitrogens with one attached hydrogen (secondary N) is 1. The molecular weight excluding hydrogens is 338 g/mol. The first kappa shape index (κ1) is 17.9. The van der Waals surface area contributed by atoms with E-state index in [4.69, 9.17) is 4.98 Å². The van der Waals surface area contributed by atoms with Crippen LogP contribution in [0.3, 0.4) is 0 Å². The van der Waals surface area contributed by atoms with Crippen molar-refractivity contribution in [2.24, 2.45) is 5.92 Å². The molecule has 1 unspecified atom stereocenters. The molecule has 4 rings (SSSR count). The van der Waals surface area contributed by atoms with Gasteiger partial charge in [0.15, 0.2) is 5.82 Å². The highest BCUT2D eigenvalue weighted by atomic mass is 16.2. The van der Waals surface area contributed by atoms with Crippen molar-refractivity contribution in [1.29, 1.82) is 0 Å². The first-order chi connectivity index (χ1) is 13.2. The molecule has 3 heterocycles. The van der Waals surface area contributed by atoms with Crippen LogP contribution in [0.1, 0.15) is 44.7 Å². The Morgan fingerprint density at radius 2 is 1.96 bits per heavy atom. The average Bonchev–Trinajstić information content (AvgIpc) is 3.40. The third kappa shape index (κ3) is 4.10. The van der Waals surface area contributed by atoms with E-state index in [0.717, 1.165) is 61.7 Å². The summed E-state index contributed by atoms with van der Waals surface area (Å²) in [5, 5.41) is 3.54. The number of aryl methyl sites for hydroxylation is 1. The number of carbonyl (C=O) groups excluding carboxylic acids is 1. The molecule has 6 nitrogen and oxygen atoms in total. The molecule has 6 heteroatoms. The van der Waals surface area contributed by atoms with Crippen LogP contribution in [0.4, 0.5) is 5.82 Å². The van der Waals surface area contributed by atoms with Gasteiger partial charge in [-0.2, -0.15) is 0 Å². The van der Waals surface area contributed by atoms with Crippen LogP contribution in [0.15, 0.2) is 30.6 Å². The molecule has 0 aromatic carbocycles. The predicted molar refractivity (Wildman–Crippen MR) is 105 cm³/mol. The molecule has 1 saturated carbocycles. The Labute approximate surface area is 160 Å². The van der Waals surface area contributed by atoms with Gasteiger partial charge < -0.3 is 10.2 Å². The maximum atomic E-state index is 12.7. The summed E-state index contributed by atoms with van der Waals surface area (Å²) < 4.78 is 0. The van der Waals surface area contributed by atoms with Crippen molar-refractivity contribution in [1.82, 2.24) is 19.9 Å². The molecule has 27 heavy (non-hydrogen) atoms. The molecule has 0 radical (unpaired) electrons. The highest BCUT2D eigenvalue weighted by Gasteiger charge is 2.32. The quantitative estimate of drug-likeness (QED) is 0.880. The van der Waals surface area contributed by atoms with Crippen LogP contribution in [0.5, 0.6) is 0 Å². The Bertz CT molecular complexity index is 788. The van der Waals surface area contributed by atoms with Gasteiger partial charge in [-0.25, -0.2) is 9.97 Å². The van der Waals surface area contributed by atoms with Crippen LogP contribution in [0.2, 0.25) is 0 Å². The Balaban J connectivity index is 1.45. The predicted octanol–water partition coefficient (Wildman–Crippen LogP) is 3.30. The van der Waals surface area contributed by atoms with E-state index in [1.807, 2.05) is 23.1 Å². The number of hydrogen-bond donors (Lipinski definition) is 1. The zero-order valence-corrected chi connectivity index (χ0v) is 15.9. The number of aromatic nitrogens is 3. The maximum Gasteiger partial charge on any atom is 0.225 e. The van der Waals surface area contributed by atoms with Crippen molar-refractivity contribution in [2.45, 2.75) is 51.5 Å². The summed E-state index contributed by atoms with van der Waals surface area (Å²) in [6, 6.07) is 6.12. The van der Waals surface area contributed by atoms with Gasteiger partial charge in [0, 0.05) is 54.8 Å². The van der Waals surface area contributed by atoms with Crippen molar-refractivity contribution >= 4 is 11.7 Å². The second-order valence-corrected chi connectivity index (χ2v) is 7.55. The summed E-state index contributed by atoms with van der Waals surface area (Å²) in [5.41, 5.74) is 1.98. The molecular formula is C21H27N5O. The molecule has 1 atom stereocenters. The zero-order valence-electron chi connectivity index (χ0n) is 15.9. The molecule has 0 spiro atoms. The smallest absolute Gasteiger partial charge is 0.225 e. The van der Waals surface area contributed by atoms with Crippen molar-refractivity contribution in [2.75, 3.05) is 18.4 Å². The number of pyridine rings is 1. The van der Waals surface area contributed by atoms with Crippen molar-refractivity contribution in [3.8, 4) is 11.4 Å². The van der Waals surface area contributed by atoms with Crippen molar-refractivity contribution < 1.29 is 4.79 Å². The van der Waals surface area contributed by atoms with Crippen LogP contribution in [-0.2, 0) is 11.2 Å². The van der Waals surface area contributed by atoms with Gasteiger partial charge >= 0.3 is 0 Å². The molecule has 1 aliphatic heterocycles. The second-order valence-electron chi connectivity index (χ2n) is 7.55. The van der Waals surface area contributed by atoms with E-state index in [1.165, 1.54) is 12.8 Å². The number of amides is 1. The van der Waals surface area contributed by atoms with Crippen molar-refractivity contribution in [3.63, 3.8) is 0 Å². The monoisotopic (exact) mass is 365 g/mol. The first-order valence-electron chi connectivity index (χ1n) is 10.1. The summed E-state index contributed by atoms with van der Waals surface area (Å²) in [7, 11) is 0. The molecule has 1 amide bonds. The summed E-state index contributed by atoms with van der Waals surface area (Å²) in [5.74, 6) is 2.17. The molecule has 1 saturated heterocycles. The normalized spacial score (nSPS) is 20.2. The Hall–Kier alpha value is -2.50. The van der Waals surface area contributed by atoms with E-state index < -0.39 is 0 Å². The summed E-state index contributed by atoms with van der Waals surface area (Å²) in [6.45, 7) is 3.71. The van der Waals surface area contributed by atoms with Crippen LogP contribution in [-0.4, -0.2) is 44.9 Å². The zero-order chi connectivity index (χ0) is 18.6. The fourth-order valence-electron chi connectivity index (χ4n) is 4.10. The molecule has 142 valence electrons. The van der Waals surface area contributed by atoms with Gasteiger partial charge in [-0.3, -0.25) is 9.78 Å². The fourth-order valence-corrected chi connectivity index (χ4v) is 4.10. The average molecular weight is 365 g/mol. The molecule has 2 aliphatic rings. The second kappa shape index (κ2) is 8.03. The molecule has 2 aromatic heterocycles. The van der Waals surface area contributed by atoms with Crippen molar-refractivity contribution in [3.05, 3.63) is 36.3 Å². The lowest BCUT2D eigenvalue weighted by atomic mass is 10.1. The molecule has 2 aromatic rings. The maximum absolute atomic E-state index is 12.7. The summed E-state index contributed by atoms with van der Waals surface area (Å²) in [4.78, 5) is 28.1. The van der Waals surface area contributed by atoms with E-state index >= 15 is 0 Å². The first-order valence-corrected chi connectivity index (χ1v) is 10.1. The van der Waals surface area contributed by atoms with Gasteiger partial charge in [0.2, 0.25) is 5.91 Å². The van der Waals surface area contributed by atoms with Crippen LogP contribution >= 0.6 is 0 Å². The standard InChI is InChI=1S/C21H27N5O/c1-2-17-13-19(25-20(24-17)15-7-10-22-11-8-15)23-18-9-12-26(14-18)21(27)16-5-3-4-6-16/h7-8,10-11,13,16,18H,2-6,9,12,14H2,1H3,(H,23,24,25). The van der Waals surface area contributed by atoms with Crippen LogP contribution in [0, 0.1) is 5.92 Å². The molecule has 1 N–H and O–H groups in total. The Kier molecular flexibility index (Phi) is 5.32. The molecule has 1 aliphatic carbocycles. The highest BCUT2D eigenvalue weighted by molar-refractivity contribution is 5.79. The van der Waals surface area contributed by atoms with Gasteiger partial charge in [-0.15, -0.1) is 0 Å². The lowest BCUT2D eigenvalue weighted by Crippen LogP contribution is -2.35. The number of anilines is 1. The third-order valence-electron chi connectivity index (χ3n) is 5.64. The minimum Gasteiger partial charge on any atom is -0.365 e. The highest BCUT2D eigenvalue weighted by Crippen LogP contribution is 2.28. The van der Waals surface area contributed by atoms with E-state index in [2.05, 4.69) is 22.2 Å². The summed E-state index contributed by atoms with van der Waals surface area (Å²) in [6.07, 6.45) is 9.86. The van der Waals surface area contributed by atoms with Gasteiger partial charge in [0.05, 0.1) is 0 Å². The van der Waals surface area contributed by atoms with Gasteiger partial charge in [0.25, 0.3) is 0 Å². The topological polar surface area (TPSA) is 71.0 Å². The van der Waals surface area contributed by atoms with E-state index in [1.54, 1.807) is 12.4 Å². The van der Waals surface area contributed by atoms with Gasteiger partial charge in [0.1, 0.15) is 5.82 Å². The minimum absolute atomic E-state index is 0.250. The number of rotatable bonds is 5. The SMILES string of the molecule is CCc1cc(NC2CCN(C(=O)C3CCCC3)C2)nc(-c2ccncc2)n1. The van der Waals surface area contributed by atoms with Gasteiger partial charge in [-0.05, 0) is 37.8 Å². The number of likely N-dealkylation sites (tertiary alicyclic amines) is 1. The Morgan fingerprint density at radius 1 is 1.19 bits per heavy atom. The molecule has 2 fully saturated rings. The lowest BCUT2D eigenvalue weighted by Gasteiger charge is -2.21. The number of carbonyl (C=O) groups is 1. The number of hydrogen-bond acceptors (Lipinski definition) is 5. The third-order valence-corrected chi connectivity index (χ3v) is 5.64. The van der Waals surface area contributed by atoms with E-state index in [-0.39, 0.29) is 12.0 Å². The Morgan fingerprint density at radius 3 is 2.70 bits per heavy atom. The molecule has 0 bridgehead atoms.